The first kappa shape index (κ1) is 7.78. The topological polar surface area (TPSA) is 0 Å². The summed E-state index contributed by atoms with van der Waals surface area (Å²) >= 11 is 1.52. The molecule has 1 heterocycles. The minimum Gasteiger partial charge on any atom is -0.365 e. The summed E-state index contributed by atoms with van der Waals surface area (Å²) < 4.78 is 0. The van der Waals surface area contributed by atoms with Gasteiger partial charge in [0, 0.05) is 17.1 Å². The Bertz CT molecular complexity index is 171. The summed E-state index contributed by atoms with van der Waals surface area (Å²) in [5.41, 5.74) is 0. The van der Waals surface area contributed by atoms with Gasteiger partial charge in [-0.05, 0) is 5.38 Å². The molecule has 0 spiro atoms. The van der Waals surface area contributed by atoms with Crippen LogP contribution in [0.5, 0.6) is 0 Å². The van der Waals surface area contributed by atoms with Crippen LogP contribution in [0, 0.1) is 12.3 Å². The average molecular weight is 163 g/mol. The van der Waals surface area contributed by atoms with E-state index in [4.69, 9.17) is 6.42 Å². The van der Waals surface area contributed by atoms with Gasteiger partial charge >= 0.3 is 0 Å². The van der Waals surface area contributed by atoms with Crippen LogP contribution < -0.4 is 0 Å². The van der Waals surface area contributed by atoms with Crippen molar-refractivity contribution in [2.45, 2.75) is 0 Å². The molecule has 42 valence electrons. The van der Waals surface area contributed by atoms with Gasteiger partial charge in [-0.15, -0.1) is 6.07 Å². The summed E-state index contributed by atoms with van der Waals surface area (Å²) in [6, 6.07) is 3.76. The third kappa shape index (κ3) is 1.71. The van der Waals surface area contributed by atoms with E-state index in [1.165, 1.54) is 11.3 Å². The van der Waals surface area contributed by atoms with E-state index in [1.807, 2.05) is 17.5 Å². The first-order chi connectivity index (χ1) is 3.43. The van der Waals surface area contributed by atoms with E-state index >= 15 is 0 Å². The molecule has 0 bridgehead atoms. The molecule has 0 radical (unpaired) electrons. The summed E-state index contributed by atoms with van der Waals surface area (Å²) in [6.07, 6.45) is 6.62. The fourth-order valence-corrected chi connectivity index (χ4v) is 0.869. The minimum absolute atomic E-state index is 0. The third-order valence-corrected chi connectivity index (χ3v) is 1.43. The molecule has 0 atom stereocenters. The number of hydrogen-bond donors (Lipinski definition) is 0. The van der Waals surface area contributed by atoms with Crippen LogP contribution in [0.2, 0.25) is 0 Å². The Morgan fingerprint density at radius 3 is 2.62 bits per heavy atom. The van der Waals surface area contributed by atoms with E-state index in [1.54, 1.807) is 0 Å². The van der Waals surface area contributed by atoms with E-state index in [9.17, 15) is 0 Å². The maximum Gasteiger partial charge on any atom is 0 e. The predicted octanol–water partition coefficient (Wildman–Crippen LogP) is 1.68. The van der Waals surface area contributed by atoms with Crippen molar-refractivity contribution in [1.29, 1.82) is 0 Å². The Labute approximate surface area is 63.4 Å². The summed E-state index contributed by atoms with van der Waals surface area (Å²) in [5.74, 6) is 2.28. The maximum absolute atomic E-state index is 6.62. The van der Waals surface area contributed by atoms with Crippen molar-refractivity contribution in [3.63, 3.8) is 0 Å². The van der Waals surface area contributed by atoms with Crippen molar-refractivity contribution < 1.29 is 17.1 Å². The first-order valence-electron chi connectivity index (χ1n) is 1.90. The summed E-state index contributed by atoms with van der Waals surface area (Å²) in [5, 5.41) is 1.93. The molecule has 1 aromatic rings. The molecule has 0 aliphatic carbocycles. The predicted molar refractivity (Wildman–Crippen MR) is 30.6 cm³/mol. The van der Waals surface area contributed by atoms with Gasteiger partial charge in [-0.3, -0.25) is 5.92 Å². The largest absolute Gasteiger partial charge is 0.365 e. The van der Waals surface area contributed by atoms with Crippen molar-refractivity contribution in [3.05, 3.63) is 28.8 Å². The SMILES string of the molecule is [C-]#Cc1cccs1.[Fe]. The van der Waals surface area contributed by atoms with Crippen molar-refractivity contribution in [2.75, 3.05) is 0 Å². The van der Waals surface area contributed by atoms with Crippen LogP contribution in [0.4, 0.5) is 0 Å². The van der Waals surface area contributed by atoms with Crippen LogP contribution in [0.3, 0.4) is 0 Å². The van der Waals surface area contributed by atoms with Crippen molar-refractivity contribution in [3.8, 4) is 5.92 Å². The van der Waals surface area contributed by atoms with Gasteiger partial charge in [-0.1, -0.05) is 10.9 Å². The molecule has 1 aromatic heterocycles. The standard InChI is InChI=1S/C6H3S.Fe/c1-2-6-4-3-5-7-6;/h3-5H;/q-1;. The van der Waals surface area contributed by atoms with Crippen molar-refractivity contribution >= 4 is 11.3 Å². The molecule has 0 amide bonds. The molecule has 0 aromatic carbocycles. The smallest absolute Gasteiger partial charge is 0 e. The van der Waals surface area contributed by atoms with Gasteiger partial charge in [0.15, 0.2) is 0 Å². The Morgan fingerprint density at radius 1 is 1.62 bits per heavy atom. The second kappa shape index (κ2) is 3.74. The summed E-state index contributed by atoms with van der Waals surface area (Å²) in [6.45, 7) is 0. The summed E-state index contributed by atoms with van der Waals surface area (Å²) in [7, 11) is 0. The minimum atomic E-state index is 0. The zero-order chi connectivity index (χ0) is 5.11. The normalized spacial score (nSPS) is 6.88. The Morgan fingerprint density at radius 2 is 2.38 bits per heavy atom. The fraction of sp³-hybridized carbons (Fsp3) is 0. The van der Waals surface area contributed by atoms with Gasteiger partial charge in [0.2, 0.25) is 0 Å². The molecule has 8 heavy (non-hydrogen) atoms. The molecular formula is C6H3FeS-. The van der Waals surface area contributed by atoms with Crippen LogP contribution in [0.15, 0.2) is 17.5 Å². The Kier molecular flexibility index (Phi) is 3.64. The van der Waals surface area contributed by atoms with Crippen LogP contribution in [-0.4, -0.2) is 0 Å². The Hall–Kier alpha value is -0.221. The van der Waals surface area contributed by atoms with E-state index in [0.717, 1.165) is 4.88 Å². The number of thiophene rings is 1. The van der Waals surface area contributed by atoms with Crippen LogP contribution in [0.25, 0.3) is 0 Å². The van der Waals surface area contributed by atoms with Crippen LogP contribution in [-0.2, 0) is 17.1 Å². The van der Waals surface area contributed by atoms with Gasteiger partial charge in [0.1, 0.15) is 0 Å². The molecule has 0 aliphatic heterocycles. The van der Waals surface area contributed by atoms with Gasteiger partial charge in [-0.2, -0.15) is 0 Å². The molecule has 1 rings (SSSR count). The van der Waals surface area contributed by atoms with E-state index in [2.05, 4.69) is 5.92 Å². The maximum atomic E-state index is 6.62. The Balaban J connectivity index is 0.000000490. The van der Waals surface area contributed by atoms with Crippen molar-refractivity contribution in [1.82, 2.24) is 0 Å². The first-order valence-corrected chi connectivity index (χ1v) is 2.77. The zero-order valence-electron chi connectivity index (χ0n) is 3.99. The van der Waals surface area contributed by atoms with Gasteiger partial charge < -0.3 is 6.42 Å². The van der Waals surface area contributed by atoms with E-state index in [0.29, 0.717) is 0 Å². The third-order valence-electron chi connectivity index (χ3n) is 0.644. The molecule has 0 saturated heterocycles. The van der Waals surface area contributed by atoms with Crippen LogP contribution in [0.1, 0.15) is 4.88 Å². The molecule has 0 fully saturated rings. The average Bonchev–Trinajstić information content (AvgIpc) is 2.14. The van der Waals surface area contributed by atoms with Gasteiger partial charge in [0.25, 0.3) is 0 Å². The van der Waals surface area contributed by atoms with Crippen molar-refractivity contribution in [2.24, 2.45) is 0 Å². The van der Waals surface area contributed by atoms with Crippen LogP contribution >= 0.6 is 11.3 Å². The zero-order valence-corrected chi connectivity index (χ0v) is 5.91. The quantitative estimate of drug-likeness (QED) is 0.310. The number of hydrogen-bond acceptors (Lipinski definition) is 1. The molecule has 0 N–H and O–H groups in total. The molecule has 0 saturated carbocycles. The molecule has 0 unspecified atom stereocenters. The molecule has 0 nitrogen and oxygen atoms in total. The second-order valence-corrected chi connectivity index (χ2v) is 2.05. The second-order valence-electron chi connectivity index (χ2n) is 1.10. The number of rotatable bonds is 0. The van der Waals surface area contributed by atoms with Gasteiger partial charge in [-0.25, -0.2) is 11.3 Å². The monoisotopic (exact) mass is 163 g/mol. The summed E-state index contributed by atoms with van der Waals surface area (Å²) in [4.78, 5) is 0.889. The molecular weight excluding hydrogens is 160 g/mol. The fourth-order valence-electron chi connectivity index (χ4n) is 0.350. The van der Waals surface area contributed by atoms with E-state index in [-0.39, 0.29) is 17.1 Å². The van der Waals surface area contributed by atoms with Gasteiger partial charge in [0.05, 0.1) is 0 Å². The molecule has 2 heteroatoms. The molecule has 0 aliphatic rings. The van der Waals surface area contributed by atoms with E-state index < -0.39 is 0 Å².